The zero-order chi connectivity index (χ0) is 24.8. The number of fused-ring (bicyclic) bond motifs is 2. The van der Waals surface area contributed by atoms with Gasteiger partial charge in [-0.05, 0) is 98.7 Å². The summed E-state index contributed by atoms with van der Waals surface area (Å²) in [5.41, 5.74) is 9.18. The van der Waals surface area contributed by atoms with Crippen LogP contribution in [-0.2, 0) is 12.8 Å². The molecule has 3 aromatic carbocycles. The second-order valence-electron chi connectivity index (χ2n) is 9.79. The Kier molecular flexibility index (Phi) is 5.81. The molecule has 5 nitrogen and oxygen atoms in total. The van der Waals surface area contributed by atoms with Crippen LogP contribution in [0.2, 0.25) is 5.02 Å². The molecule has 0 unspecified atom stereocenters. The van der Waals surface area contributed by atoms with Crippen molar-refractivity contribution in [1.82, 2.24) is 0 Å². The normalized spacial score (nSPS) is 15.2. The van der Waals surface area contributed by atoms with Crippen LogP contribution in [0.1, 0.15) is 45.5 Å². The van der Waals surface area contributed by atoms with Crippen LogP contribution in [-0.4, -0.2) is 19.0 Å². The number of hydrogen-bond acceptors (Lipinski definition) is 4. The fourth-order valence-corrected chi connectivity index (χ4v) is 5.57. The Morgan fingerprint density at radius 1 is 1.00 bits per heavy atom. The number of nitrogens with zero attached hydrogens (tertiary/aromatic N) is 2. The van der Waals surface area contributed by atoms with Crippen molar-refractivity contribution in [2.75, 3.05) is 23.3 Å². The number of halogens is 1. The predicted molar refractivity (Wildman–Crippen MR) is 146 cm³/mol. The van der Waals surface area contributed by atoms with E-state index in [0.29, 0.717) is 21.8 Å². The van der Waals surface area contributed by atoms with Gasteiger partial charge in [-0.25, -0.2) is 4.99 Å². The molecule has 36 heavy (non-hydrogen) atoms. The minimum absolute atomic E-state index is 0.279. The van der Waals surface area contributed by atoms with E-state index in [0.717, 1.165) is 61.0 Å². The summed E-state index contributed by atoms with van der Waals surface area (Å²) >= 11 is 6.14. The van der Waals surface area contributed by atoms with Crippen molar-refractivity contribution in [3.63, 3.8) is 0 Å². The van der Waals surface area contributed by atoms with E-state index < -0.39 is 0 Å². The van der Waals surface area contributed by atoms with Gasteiger partial charge in [0.05, 0.1) is 5.69 Å². The number of nitrogens with one attached hydrogen (secondary N) is 1. The van der Waals surface area contributed by atoms with Crippen LogP contribution in [0.5, 0.6) is 0 Å². The number of hydrogen-bond donors (Lipinski definition) is 1. The first-order chi connectivity index (χ1) is 17.5. The fraction of sp³-hybridized carbons (Fsp3) is 0.267. The molecule has 0 atom stereocenters. The number of rotatable bonds is 3. The first kappa shape index (κ1) is 22.9. The summed E-state index contributed by atoms with van der Waals surface area (Å²) in [7, 11) is 0. The van der Waals surface area contributed by atoms with E-state index in [-0.39, 0.29) is 5.91 Å². The van der Waals surface area contributed by atoms with Gasteiger partial charge in [0.1, 0.15) is 11.1 Å². The molecule has 6 rings (SSSR count). The lowest BCUT2D eigenvalue weighted by Gasteiger charge is -2.37. The molecule has 4 aromatic rings. The SMILES string of the molecule is Cc1ccc(N=c2oc3c4c5c(cc3cc2C(=O)Nc2cccc(Cl)c2)CCCN5CCC4)cc1C. The fourth-order valence-electron chi connectivity index (χ4n) is 5.38. The van der Waals surface area contributed by atoms with Crippen LogP contribution in [0.4, 0.5) is 17.1 Å². The number of anilines is 2. The zero-order valence-electron chi connectivity index (χ0n) is 20.5. The maximum Gasteiger partial charge on any atom is 0.261 e. The Morgan fingerprint density at radius 3 is 2.64 bits per heavy atom. The van der Waals surface area contributed by atoms with E-state index in [4.69, 9.17) is 21.0 Å². The van der Waals surface area contributed by atoms with Crippen LogP contribution in [0.25, 0.3) is 11.0 Å². The average Bonchev–Trinajstić information content (AvgIpc) is 2.86. The Morgan fingerprint density at radius 2 is 1.83 bits per heavy atom. The molecule has 182 valence electrons. The molecule has 1 aromatic heterocycles. The Balaban J connectivity index is 1.56. The highest BCUT2D eigenvalue weighted by Gasteiger charge is 2.27. The smallest absolute Gasteiger partial charge is 0.261 e. The molecule has 0 aliphatic carbocycles. The van der Waals surface area contributed by atoms with Gasteiger partial charge < -0.3 is 14.6 Å². The van der Waals surface area contributed by atoms with E-state index in [1.54, 1.807) is 12.1 Å². The van der Waals surface area contributed by atoms with Crippen LogP contribution in [0.3, 0.4) is 0 Å². The van der Waals surface area contributed by atoms with Gasteiger partial charge in [-0.2, -0.15) is 0 Å². The van der Waals surface area contributed by atoms with E-state index in [2.05, 4.69) is 30.1 Å². The summed E-state index contributed by atoms with van der Waals surface area (Å²) < 4.78 is 6.54. The van der Waals surface area contributed by atoms with Crippen LogP contribution >= 0.6 is 11.6 Å². The number of carbonyl (C=O) groups is 1. The lowest BCUT2D eigenvalue weighted by atomic mass is 9.90. The topological polar surface area (TPSA) is 57.8 Å². The molecule has 6 heteroatoms. The third kappa shape index (κ3) is 4.18. The third-order valence-electron chi connectivity index (χ3n) is 7.28. The highest BCUT2D eigenvalue weighted by atomic mass is 35.5. The zero-order valence-corrected chi connectivity index (χ0v) is 21.3. The molecule has 0 bridgehead atoms. The first-order valence-electron chi connectivity index (χ1n) is 12.5. The molecule has 1 N–H and O–H groups in total. The summed E-state index contributed by atoms with van der Waals surface area (Å²) in [5.74, 6) is -0.279. The lowest BCUT2D eigenvalue weighted by molar-refractivity contribution is 0.102. The Bertz CT molecular complexity index is 1590. The van der Waals surface area contributed by atoms with Crippen molar-refractivity contribution < 1.29 is 9.21 Å². The number of benzene rings is 3. The Hall–Kier alpha value is -3.57. The molecule has 0 spiro atoms. The van der Waals surface area contributed by atoms with Crippen LogP contribution < -0.4 is 15.8 Å². The van der Waals surface area contributed by atoms with E-state index in [9.17, 15) is 4.79 Å². The minimum atomic E-state index is -0.279. The van der Waals surface area contributed by atoms with Gasteiger partial charge in [0.15, 0.2) is 0 Å². The van der Waals surface area contributed by atoms with Crippen molar-refractivity contribution in [3.8, 4) is 0 Å². The first-order valence-corrected chi connectivity index (χ1v) is 12.9. The molecule has 0 radical (unpaired) electrons. The Labute approximate surface area is 215 Å². The number of amides is 1. The molecule has 2 aliphatic rings. The summed E-state index contributed by atoms with van der Waals surface area (Å²) in [6.07, 6.45) is 4.27. The monoisotopic (exact) mass is 497 g/mol. The summed E-state index contributed by atoms with van der Waals surface area (Å²) in [6, 6.07) is 17.3. The van der Waals surface area contributed by atoms with Gasteiger partial charge in [0.25, 0.3) is 5.91 Å². The van der Waals surface area contributed by atoms with E-state index >= 15 is 0 Å². The van der Waals surface area contributed by atoms with Gasteiger partial charge in [-0.1, -0.05) is 23.7 Å². The lowest BCUT2D eigenvalue weighted by Crippen LogP contribution is -2.34. The molecule has 0 fully saturated rings. The van der Waals surface area contributed by atoms with Crippen molar-refractivity contribution in [1.29, 1.82) is 0 Å². The molecule has 0 saturated carbocycles. The largest absolute Gasteiger partial charge is 0.437 e. The molecule has 1 amide bonds. The van der Waals surface area contributed by atoms with Gasteiger partial charge in [-0.15, -0.1) is 0 Å². The second-order valence-corrected chi connectivity index (χ2v) is 10.2. The highest BCUT2D eigenvalue weighted by molar-refractivity contribution is 6.31. The maximum atomic E-state index is 13.5. The summed E-state index contributed by atoms with van der Waals surface area (Å²) in [4.78, 5) is 20.8. The van der Waals surface area contributed by atoms with Crippen molar-refractivity contribution in [2.45, 2.75) is 39.5 Å². The molecule has 0 saturated heterocycles. The van der Waals surface area contributed by atoms with Gasteiger partial charge in [0.2, 0.25) is 5.55 Å². The summed E-state index contributed by atoms with van der Waals surface area (Å²) in [5, 5.41) is 4.48. The third-order valence-corrected chi connectivity index (χ3v) is 7.51. The van der Waals surface area contributed by atoms with Crippen molar-refractivity contribution in [3.05, 3.63) is 93.0 Å². The van der Waals surface area contributed by atoms with E-state index in [1.807, 2.05) is 36.4 Å². The highest BCUT2D eigenvalue weighted by Crippen LogP contribution is 2.39. The van der Waals surface area contributed by atoms with Gasteiger partial charge in [-0.3, -0.25) is 4.79 Å². The van der Waals surface area contributed by atoms with Crippen molar-refractivity contribution >= 4 is 45.5 Å². The van der Waals surface area contributed by atoms with Gasteiger partial charge >= 0.3 is 0 Å². The number of carbonyl (C=O) groups excluding carboxylic acids is 1. The quantitative estimate of drug-likeness (QED) is 0.335. The number of aryl methyl sites for hydroxylation is 4. The van der Waals surface area contributed by atoms with Crippen molar-refractivity contribution in [2.24, 2.45) is 4.99 Å². The van der Waals surface area contributed by atoms with Gasteiger partial charge in [0, 0.05) is 40.4 Å². The van der Waals surface area contributed by atoms with Crippen LogP contribution in [0, 0.1) is 13.8 Å². The minimum Gasteiger partial charge on any atom is -0.437 e. The maximum absolute atomic E-state index is 13.5. The predicted octanol–water partition coefficient (Wildman–Crippen LogP) is 6.89. The molecular formula is C30H28ClN3O2. The van der Waals surface area contributed by atoms with Crippen LogP contribution in [0.15, 0.2) is 64.0 Å². The molecule has 3 heterocycles. The second kappa shape index (κ2) is 9.14. The average molecular weight is 498 g/mol. The molecule has 2 aliphatic heterocycles. The van der Waals surface area contributed by atoms with E-state index in [1.165, 1.54) is 22.4 Å². The summed E-state index contributed by atoms with van der Waals surface area (Å²) in [6.45, 7) is 6.31. The standard InChI is InChI=1S/C30H28ClN3O2/c1-18-10-11-24(14-19(18)2)33-30-26(29(35)32-23-8-3-7-22(31)17-23)16-21-15-20-6-4-12-34-13-5-9-25(27(20)34)28(21)36-30/h3,7-8,10-11,14-17H,4-6,9,12-13H2,1-2H3,(H,32,35). The molecular weight excluding hydrogens is 470 g/mol.